The summed E-state index contributed by atoms with van der Waals surface area (Å²) in [7, 11) is 1.78. The molecule has 1 aromatic heterocycles. The van der Waals surface area contributed by atoms with Gasteiger partial charge in [0.05, 0.1) is 5.69 Å². The Bertz CT molecular complexity index is 647. The second-order valence-electron chi connectivity index (χ2n) is 5.96. The fraction of sp³-hybridized carbons (Fsp3) is 0.368. The number of guanidine groups is 1. The lowest BCUT2D eigenvalue weighted by molar-refractivity contribution is 0.301. The Morgan fingerprint density at radius 1 is 1.16 bits per heavy atom. The normalized spacial score (nSPS) is 11.0. The van der Waals surface area contributed by atoms with Crippen molar-refractivity contribution < 1.29 is 4.74 Å². The van der Waals surface area contributed by atoms with Gasteiger partial charge in [0.15, 0.2) is 5.96 Å². The third-order valence-electron chi connectivity index (χ3n) is 3.37. The average Bonchev–Trinajstić information content (AvgIpc) is 2.61. The van der Waals surface area contributed by atoms with Gasteiger partial charge < -0.3 is 15.4 Å². The molecule has 6 heteroatoms. The first-order valence-corrected chi connectivity index (χ1v) is 8.23. The molecule has 1 heterocycles. The van der Waals surface area contributed by atoms with E-state index in [9.17, 15) is 0 Å². The van der Waals surface area contributed by atoms with Crippen LogP contribution >= 0.6 is 24.0 Å². The smallest absolute Gasteiger partial charge is 0.191 e. The Labute approximate surface area is 167 Å². The number of nitrogens with one attached hydrogen (secondary N) is 2. The highest BCUT2D eigenvalue weighted by Crippen LogP contribution is 2.14. The third-order valence-corrected chi connectivity index (χ3v) is 3.37. The minimum Gasteiger partial charge on any atom is -0.487 e. The van der Waals surface area contributed by atoms with E-state index < -0.39 is 0 Å². The van der Waals surface area contributed by atoms with Crippen LogP contribution in [-0.4, -0.2) is 24.5 Å². The number of pyridine rings is 1. The van der Waals surface area contributed by atoms with Crippen molar-refractivity contribution in [3.63, 3.8) is 0 Å². The van der Waals surface area contributed by atoms with Gasteiger partial charge in [-0.1, -0.05) is 32.0 Å². The third kappa shape index (κ3) is 8.20. The molecule has 136 valence electrons. The average molecular weight is 454 g/mol. The highest BCUT2D eigenvalue weighted by molar-refractivity contribution is 14.0. The van der Waals surface area contributed by atoms with E-state index in [0.29, 0.717) is 19.1 Å². The molecule has 0 bridgehead atoms. The van der Waals surface area contributed by atoms with E-state index in [4.69, 9.17) is 4.74 Å². The van der Waals surface area contributed by atoms with Gasteiger partial charge in [0, 0.05) is 26.3 Å². The van der Waals surface area contributed by atoms with E-state index in [1.54, 1.807) is 13.2 Å². The number of nitrogens with zero attached hydrogens (tertiary/aromatic N) is 2. The summed E-state index contributed by atoms with van der Waals surface area (Å²) in [5.74, 6) is 2.22. The molecule has 1 aromatic carbocycles. The van der Waals surface area contributed by atoms with E-state index in [1.165, 1.54) is 0 Å². The predicted octanol–water partition coefficient (Wildman–Crippen LogP) is 3.60. The Hall–Kier alpha value is -1.83. The number of benzene rings is 1. The second-order valence-corrected chi connectivity index (χ2v) is 5.96. The van der Waals surface area contributed by atoms with E-state index in [0.717, 1.165) is 29.5 Å². The van der Waals surface area contributed by atoms with Crippen LogP contribution in [0.4, 0.5) is 0 Å². The van der Waals surface area contributed by atoms with Crippen molar-refractivity contribution in [3.05, 3.63) is 59.9 Å². The standard InChI is InChI=1S/C19H26N4O.HI/c1-15(2)12-22-19(20-3)23-13-16-7-6-9-18(11-16)24-14-17-8-4-5-10-21-17;/h4-11,15H,12-14H2,1-3H3,(H2,20,22,23);1H. The number of halogens is 1. The molecule has 2 N–H and O–H groups in total. The molecule has 0 fully saturated rings. The molecule has 0 saturated carbocycles. The maximum absolute atomic E-state index is 5.81. The molecule has 0 radical (unpaired) electrons. The van der Waals surface area contributed by atoms with Gasteiger partial charge >= 0.3 is 0 Å². The van der Waals surface area contributed by atoms with Gasteiger partial charge in [0.25, 0.3) is 0 Å². The predicted molar refractivity (Wildman–Crippen MR) is 113 cm³/mol. The number of rotatable bonds is 7. The molecular formula is C19H27IN4O. The van der Waals surface area contributed by atoms with E-state index >= 15 is 0 Å². The summed E-state index contributed by atoms with van der Waals surface area (Å²) < 4.78 is 5.81. The van der Waals surface area contributed by atoms with E-state index in [-0.39, 0.29) is 24.0 Å². The first-order chi connectivity index (χ1) is 11.7. The molecule has 5 nitrogen and oxygen atoms in total. The molecule has 25 heavy (non-hydrogen) atoms. The number of ether oxygens (including phenoxy) is 1. The zero-order valence-electron chi connectivity index (χ0n) is 15.0. The second kappa shape index (κ2) is 11.7. The van der Waals surface area contributed by atoms with E-state index in [2.05, 4.69) is 40.5 Å². The SMILES string of the molecule is CN=C(NCc1cccc(OCc2ccccn2)c1)NCC(C)C.I. The minimum atomic E-state index is 0. The van der Waals surface area contributed by atoms with Crippen LogP contribution in [0.2, 0.25) is 0 Å². The number of aromatic nitrogens is 1. The summed E-state index contributed by atoms with van der Waals surface area (Å²) in [4.78, 5) is 8.49. The molecule has 0 saturated heterocycles. The zero-order valence-corrected chi connectivity index (χ0v) is 17.4. The Morgan fingerprint density at radius 2 is 2.00 bits per heavy atom. The molecule has 0 unspecified atom stereocenters. The van der Waals surface area contributed by atoms with Crippen LogP contribution in [0.1, 0.15) is 25.1 Å². The summed E-state index contributed by atoms with van der Waals surface area (Å²) in [6.45, 7) is 6.39. The summed E-state index contributed by atoms with van der Waals surface area (Å²) in [6.07, 6.45) is 1.77. The number of hydrogen-bond acceptors (Lipinski definition) is 3. The fourth-order valence-electron chi connectivity index (χ4n) is 2.09. The lowest BCUT2D eigenvalue weighted by atomic mass is 10.2. The Kier molecular flexibility index (Phi) is 9.91. The quantitative estimate of drug-likeness (QED) is 0.382. The molecular weight excluding hydrogens is 427 g/mol. The largest absolute Gasteiger partial charge is 0.487 e. The fourth-order valence-corrected chi connectivity index (χ4v) is 2.09. The maximum Gasteiger partial charge on any atom is 0.191 e. The van der Waals surface area contributed by atoms with Crippen LogP contribution in [0.5, 0.6) is 5.75 Å². The molecule has 0 aliphatic heterocycles. The van der Waals surface area contributed by atoms with Gasteiger partial charge in [0.1, 0.15) is 12.4 Å². The Balaban J connectivity index is 0.00000312. The van der Waals surface area contributed by atoms with Gasteiger partial charge in [-0.3, -0.25) is 9.98 Å². The molecule has 0 amide bonds. The van der Waals surface area contributed by atoms with Gasteiger partial charge in [0.2, 0.25) is 0 Å². The topological polar surface area (TPSA) is 58.5 Å². The van der Waals surface area contributed by atoms with Crippen LogP contribution in [0, 0.1) is 5.92 Å². The van der Waals surface area contributed by atoms with Gasteiger partial charge in [-0.05, 0) is 35.7 Å². The van der Waals surface area contributed by atoms with Crippen LogP contribution in [0.25, 0.3) is 0 Å². The van der Waals surface area contributed by atoms with Crippen LogP contribution in [-0.2, 0) is 13.2 Å². The van der Waals surface area contributed by atoms with Gasteiger partial charge in [-0.15, -0.1) is 24.0 Å². The molecule has 0 atom stereocenters. The van der Waals surface area contributed by atoms with Crippen molar-refractivity contribution in [1.82, 2.24) is 15.6 Å². The van der Waals surface area contributed by atoms with Crippen molar-refractivity contribution >= 4 is 29.9 Å². The molecule has 0 aliphatic carbocycles. The van der Waals surface area contributed by atoms with Crippen molar-refractivity contribution in [2.75, 3.05) is 13.6 Å². The number of aliphatic imine (C=N–C) groups is 1. The number of hydrogen-bond donors (Lipinski definition) is 2. The van der Waals surface area contributed by atoms with Crippen molar-refractivity contribution in [2.45, 2.75) is 27.0 Å². The Morgan fingerprint density at radius 3 is 2.68 bits per heavy atom. The highest BCUT2D eigenvalue weighted by atomic mass is 127. The first-order valence-electron chi connectivity index (χ1n) is 8.23. The van der Waals surface area contributed by atoms with Crippen LogP contribution in [0.3, 0.4) is 0 Å². The van der Waals surface area contributed by atoms with Gasteiger partial charge in [-0.25, -0.2) is 0 Å². The summed E-state index contributed by atoms with van der Waals surface area (Å²) >= 11 is 0. The summed E-state index contributed by atoms with van der Waals surface area (Å²) in [5, 5.41) is 6.61. The van der Waals surface area contributed by atoms with Crippen molar-refractivity contribution in [1.29, 1.82) is 0 Å². The van der Waals surface area contributed by atoms with Crippen LogP contribution in [0.15, 0.2) is 53.7 Å². The van der Waals surface area contributed by atoms with Crippen LogP contribution < -0.4 is 15.4 Å². The first kappa shape index (κ1) is 21.2. The lowest BCUT2D eigenvalue weighted by Crippen LogP contribution is -2.38. The van der Waals surface area contributed by atoms with Crippen molar-refractivity contribution in [2.24, 2.45) is 10.9 Å². The van der Waals surface area contributed by atoms with Gasteiger partial charge in [-0.2, -0.15) is 0 Å². The highest BCUT2D eigenvalue weighted by Gasteiger charge is 2.02. The maximum atomic E-state index is 5.81. The lowest BCUT2D eigenvalue weighted by Gasteiger charge is -2.14. The van der Waals surface area contributed by atoms with E-state index in [1.807, 2.05) is 36.4 Å². The monoisotopic (exact) mass is 454 g/mol. The van der Waals surface area contributed by atoms with Crippen molar-refractivity contribution in [3.8, 4) is 5.75 Å². The minimum absolute atomic E-state index is 0. The molecule has 0 aliphatic rings. The zero-order chi connectivity index (χ0) is 17.2. The summed E-state index contributed by atoms with van der Waals surface area (Å²) in [5.41, 5.74) is 2.06. The summed E-state index contributed by atoms with van der Waals surface area (Å²) in [6, 6.07) is 13.9. The molecule has 2 rings (SSSR count). The molecule has 0 spiro atoms. The molecule has 2 aromatic rings.